The van der Waals surface area contributed by atoms with E-state index in [1.807, 2.05) is 104 Å². The number of aromatic nitrogens is 6. The number of nitrogens with zero attached hydrogens (tertiary/aromatic N) is 6. The number of hydrogen-bond donors (Lipinski definition) is 6. The Balaban J connectivity index is -0.000000296. The van der Waals surface area contributed by atoms with Crippen molar-refractivity contribution in [2.24, 2.45) is 0 Å². The Morgan fingerprint density at radius 1 is 0.325 bits per heavy atom. The molecule has 12 aromatic rings. The van der Waals surface area contributed by atoms with Crippen LogP contribution in [0.5, 0.6) is 0 Å². The van der Waals surface area contributed by atoms with Gasteiger partial charge in [0.05, 0.1) is 41.5 Å². The van der Waals surface area contributed by atoms with E-state index in [0.717, 1.165) is 87.7 Å². The van der Waals surface area contributed by atoms with E-state index < -0.39 is 59.1 Å². The molecule has 6 aromatic heterocycles. The van der Waals surface area contributed by atoms with Crippen LogP contribution in [0.2, 0.25) is 0 Å². The predicted octanol–water partition coefficient (Wildman–Crippen LogP) is 19.5. The Kier molecular flexibility index (Phi) is 70.5. The Morgan fingerprint density at radius 3 is 0.991 bits per heavy atom. The van der Waals surface area contributed by atoms with Gasteiger partial charge in [0, 0.05) is 187 Å². The Hall–Kier alpha value is -9.41. The number of pyridine rings is 6. The quantitative estimate of drug-likeness (QED) is 0.0423. The fourth-order valence-corrected chi connectivity index (χ4v) is 8.33. The van der Waals surface area contributed by atoms with Crippen molar-refractivity contribution in [2.75, 3.05) is 0 Å². The third-order valence-corrected chi connectivity index (χ3v) is 13.1. The van der Waals surface area contributed by atoms with Crippen molar-refractivity contribution in [1.82, 2.24) is 29.9 Å². The summed E-state index contributed by atoms with van der Waals surface area (Å²) in [5.41, 5.74) is 15.7. The second kappa shape index (κ2) is 69.7. The number of hydrogen-bond acceptors (Lipinski definition) is 6. The molecule has 0 aliphatic rings. The SMILES string of the molecule is CC(O)=[OH+].CC(O)=[OH+].CC(O)=[OH+].CC(O)=[OH+].CC(O)=[OH+].CC(O)=[OH+].CCCCc1c[c-]c(-c2ccccn2)cc1.CCc1c[c-]c(-c2ccccn2)cc1.Cc1cc(-c2ccccn2)[c-]cc1F.Cc1ccc[c-]c1-c1ncccc1C.Cc1cccnc1-c1[c-]cc(F)cc1F.Fc1c[c-]c(-c2ccccn2)c(F)c1.[Ir].[Ir].[Ir].[Ir].[Ir].[Ir]. The number of rotatable bonds is 10. The smallest absolute Gasteiger partial charge is 0.339 e. The van der Waals surface area contributed by atoms with Crippen LogP contribution in [-0.2, 0) is 133 Å². The fraction of sp³-hybridized carbons (Fsp3) is 0.182. The Morgan fingerprint density at radius 2 is 0.667 bits per heavy atom. The summed E-state index contributed by atoms with van der Waals surface area (Å²) >= 11 is 0. The molecule has 18 nitrogen and oxygen atoms in total. The summed E-state index contributed by atoms with van der Waals surface area (Å²) in [5, 5.41) is 45.2. The maximum absolute atomic E-state index is 13.4. The average Bonchev–Trinajstić information content (AvgIpc) is 0.483. The third-order valence-electron chi connectivity index (χ3n) is 13.1. The van der Waals surface area contributed by atoms with Gasteiger partial charge in [-0.2, -0.15) is 0 Å². The predicted molar refractivity (Wildman–Crippen MR) is 429 cm³/mol. The van der Waals surface area contributed by atoms with E-state index in [4.69, 9.17) is 59.4 Å². The van der Waals surface area contributed by atoms with Crippen LogP contribution in [0.1, 0.15) is 102 Å². The fourth-order valence-electron chi connectivity index (χ4n) is 8.33. The van der Waals surface area contributed by atoms with Crippen molar-refractivity contribution in [3.8, 4) is 67.5 Å². The number of carboxylic acid groups (broad SMARTS) is 6. The van der Waals surface area contributed by atoms with Gasteiger partial charge in [0.1, 0.15) is 0 Å². The molecule has 12 rings (SSSR count). The normalized spacial score (nSPS) is 8.86. The van der Waals surface area contributed by atoms with Gasteiger partial charge in [-0.3, -0.25) is 22.0 Å². The van der Waals surface area contributed by atoms with E-state index in [1.165, 1.54) is 82.7 Å². The van der Waals surface area contributed by atoms with Crippen molar-refractivity contribution >= 4 is 35.8 Å². The van der Waals surface area contributed by atoms with E-state index in [2.05, 4.69) is 136 Å². The molecule has 0 aliphatic heterocycles. The molecule has 0 unspecified atom stereocenters. The van der Waals surface area contributed by atoms with E-state index in [1.54, 1.807) is 62.0 Å². The first-order chi connectivity index (χ1) is 52.7. The molecule has 6 heterocycles. The molecule has 0 atom stereocenters. The van der Waals surface area contributed by atoms with Gasteiger partial charge in [0.2, 0.25) is 0 Å². The van der Waals surface area contributed by atoms with Gasteiger partial charge in [-0.15, -0.1) is 154 Å². The monoisotopic (exact) mass is 2680 g/mol. The number of aliphatic hydroxyl groups excluding tert-OH is 6. The number of aryl methyl sites for hydroxylation is 6. The molecular weight excluding hydrogens is 2580 g/mol. The topological polar surface area (TPSA) is 327 Å². The maximum Gasteiger partial charge on any atom is 0.477 e. The molecule has 117 heavy (non-hydrogen) atoms. The van der Waals surface area contributed by atoms with Gasteiger partial charge in [-0.1, -0.05) is 154 Å². The first-order valence-electron chi connectivity index (χ1n) is 33.9. The van der Waals surface area contributed by atoms with Crippen LogP contribution in [0.4, 0.5) is 22.0 Å². The summed E-state index contributed by atoms with van der Waals surface area (Å²) in [7, 11) is 0. The molecular formula is C88H93F5Ir6N6O12. The molecule has 12 N–H and O–H groups in total. The van der Waals surface area contributed by atoms with Crippen LogP contribution < -0.4 is 0 Å². The van der Waals surface area contributed by atoms with Crippen LogP contribution in [-0.4, -0.2) is 125 Å². The molecule has 0 spiro atoms. The van der Waals surface area contributed by atoms with Crippen LogP contribution in [0.25, 0.3) is 67.5 Å². The van der Waals surface area contributed by atoms with Crippen molar-refractivity contribution in [2.45, 2.75) is 109 Å². The average molecular weight is 2680 g/mol. The van der Waals surface area contributed by atoms with Crippen molar-refractivity contribution in [1.29, 1.82) is 0 Å². The summed E-state index contributed by atoms with van der Waals surface area (Å²) in [4.78, 5) is 70.3. The van der Waals surface area contributed by atoms with E-state index >= 15 is 0 Å². The number of benzene rings is 6. The minimum absolute atomic E-state index is 0. The zero-order valence-corrected chi connectivity index (χ0v) is 80.0. The summed E-state index contributed by atoms with van der Waals surface area (Å²) in [6.07, 6.45) is 15.0. The molecule has 0 saturated heterocycles. The molecule has 0 fully saturated rings. The van der Waals surface area contributed by atoms with E-state index in [9.17, 15) is 22.0 Å². The van der Waals surface area contributed by atoms with Crippen LogP contribution in [0.15, 0.2) is 225 Å². The Bertz CT molecular complexity index is 4580. The molecule has 6 radical (unpaired) electrons. The third kappa shape index (κ3) is 55.8. The molecule has 636 valence electrons. The summed E-state index contributed by atoms with van der Waals surface area (Å²) < 4.78 is 64.8. The van der Waals surface area contributed by atoms with Gasteiger partial charge in [0.25, 0.3) is 0 Å². The Labute approximate surface area is 761 Å². The van der Waals surface area contributed by atoms with Gasteiger partial charge < -0.3 is 89.3 Å². The molecule has 0 saturated carbocycles. The van der Waals surface area contributed by atoms with Gasteiger partial charge >= 0.3 is 35.8 Å². The second-order valence-corrected chi connectivity index (χ2v) is 22.8. The van der Waals surface area contributed by atoms with Gasteiger partial charge in [0.15, 0.2) is 0 Å². The van der Waals surface area contributed by atoms with Crippen molar-refractivity contribution < 1.29 is 202 Å². The molecule has 29 heteroatoms. The molecule has 6 aromatic carbocycles. The van der Waals surface area contributed by atoms with Crippen LogP contribution >= 0.6 is 0 Å². The number of aliphatic carboxylic acids is 6. The minimum atomic E-state index is -0.649. The first-order valence-corrected chi connectivity index (χ1v) is 33.9. The summed E-state index contributed by atoms with van der Waals surface area (Å²) in [5.74, 6) is -6.29. The number of halogens is 5. The second-order valence-electron chi connectivity index (χ2n) is 22.8. The largest absolute Gasteiger partial charge is 0.477 e. The van der Waals surface area contributed by atoms with Crippen LogP contribution in [0, 0.1) is 93.2 Å². The van der Waals surface area contributed by atoms with Gasteiger partial charge in [-0.05, 0) is 84.4 Å². The number of unbranched alkanes of at least 4 members (excludes halogenated alkanes) is 1. The van der Waals surface area contributed by atoms with E-state index in [-0.39, 0.29) is 138 Å². The summed E-state index contributed by atoms with van der Waals surface area (Å²) in [6, 6.07) is 73.4. The molecule has 0 amide bonds. The zero-order valence-electron chi connectivity index (χ0n) is 65.6. The standard InChI is InChI=1S/C15H16N.2C13H12N.C12H8F2N.C12H9FN.C11H6F2N.6C2H4O2.6Ir/c1-2-3-6-13-8-10-14(11-9-13)15-7-4-5-12-16-15;1-10-6-3-4-8-12(10)13-11(2)7-5-9-14-13;1-2-11-6-8-12(9-7-11)13-5-3-4-10-14-13;1-8-3-2-6-15-12(8)10-5-4-9(13)7-11(10)14;1-9-8-10(5-6-11(9)13)12-4-2-3-7-14-12;12-8-4-5-9(10(13)7-8)11-3-1-2-6-14-11;6*1-2(3)4;;;;;;/h4-5,7-10,12H,2-3,6H2,1H3;3-7,9H,1-2H3;3-8,10H,2H2,1H3;2-4,6-7H,1H3;2-4,6-8H,1H3;1-4,6-7H;6*1H3,(H,3,4);;;;;;/q6*-1;;;;;;;;;;;;/p+6. The number of carboxylic acids is 6. The minimum Gasteiger partial charge on any atom is -0.339 e. The maximum atomic E-state index is 13.4. The van der Waals surface area contributed by atoms with Crippen molar-refractivity contribution in [3.05, 3.63) is 324 Å². The first kappa shape index (κ1) is 118. The summed E-state index contributed by atoms with van der Waals surface area (Å²) in [6.45, 7) is 19.2. The van der Waals surface area contributed by atoms with Crippen LogP contribution in [0.3, 0.4) is 0 Å². The van der Waals surface area contributed by atoms with Crippen molar-refractivity contribution in [3.63, 3.8) is 0 Å². The molecule has 0 aliphatic carbocycles. The van der Waals surface area contributed by atoms with Gasteiger partial charge in [-0.25, -0.2) is 0 Å². The molecule has 0 bridgehead atoms. The van der Waals surface area contributed by atoms with E-state index in [0.29, 0.717) is 17.0 Å². The zero-order chi connectivity index (χ0) is 83.2.